The van der Waals surface area contributed by atoms with Gasteiger partial charge in [-0.2, -0.15) is 0 Å². The topological polar surface area (TPSA) is 52.7 Å². The number of aromatic nitrogens is 1. The molecule has 1 aromatic carbocycles. The van der Waals surface area contributed by atoms with Crippen LogP contribution < -0.4 is 0 Å². The van der Waals surface area contributed by atoms with Crippen molar-refractivity contribution in [3.05, 3.63) is 53.0 Å². The van der Waals surface area contributed by atoms with Gasteiger partial charge in [-0.15, -0.1) is 0 Å². The molecule has 0 aliphatic carbocycles. The molecule has 1 N–H and O–H groups in total. The molecule has 1 fully saturated rings. The average Bonchev–Trinajstić information content (AvgIpc) is 2.87. The Labute approximate surface area is 141 Å². The smallest absolute Gasteiger partial charge is 0.208 e. The molecule has 1 aliphatic rings. The number of aryl methyl sites for hydroxylation is 2. The van der Waals surface area contributed by atoms with Crippen LogP contribution in [0, 0.1) is 19.7 Å². The molecule has 0 radical (unpaired) electrons. The number of piperazine rings is 1. The Balaban J connectivity index is 1.49. The van der Waals surface area contributed by atoms with E-state index in [1.54, 1.807) is 18.2 Å². The van der Waals surface area contributed by atoms with Crippen molar-refractivity contribution in [1.82, 2.24) is 14.8 Å². The lowest BCUT2D eigenvalue weighted by Gasteiger charge is -2.35. The lowest BCUT2D eigenvalue weighted by Crippen LogP contribution is -2.47. The number of aliphatic hydroxyl groups excluding tert-OH is 1. The number of benzene rings is 1. The zero-order chi connectivity index (χ0) is 17.1. The maximum absolute atomic E-state index is 13.7. The normalized spacial score (nSPS) is 18.0. The van der Waals surface area contributed by atoms with Crippen LogP contribution in [-0.2, 0) is 6.54 Å². The van der Waals surface area contributed by atoms with Crippen LogP contribution in [0.4, 0.5) is 4.39 Å². The highest BCUT2D eigenvalue weighted by atomic mass is 19.1. The summed E-state index contributed by atoms with van der Waals surface area (Å²) in [5, 5.41) is 10.3. The Morgan fingerprint density at radius 2 is 1.83 bits per heavy atom. The van der Waals surface area contributed by atoms with Gasteiger partial charge in [0, 0.05) is 38.3 Å². The standard InChI is InChI=1S/C18H24FN3O2/c1-13-14(2)24-18(20-13)12-22-9-7-21(8-10-22)11-17(23)15-5-3-4-6-16(15)19/h3-6,17,23H,7-12H2,1-2H3/t17-/m0/s1. The van der Waals surface area contributed by atoms with Crippen molar-refractivity contribution in [2.75, 3.05) is 32.7 Å². The number of oxazole rings is 1. The van der Waals surface area contributed by atoms with Crippen molar-refractivity contribution in [3.8, 4) is 0 Å². The van der Waals surface area contributed by atoms with Crippen molar-refractivity contribution >= 4 is 0 Å². The van der Waals surface area contributed by atoms with Crippen LogP contribution in [0.5, 0.6) is 0 Å². The second kappa shape index (κ2) is 7.42. The molecule has 1 atom stereocenters. The van der Waals surface area contributed by atoms with Gasteiger partial charge in [0.15, 0.2) is 0 Å². The fourth-order valence-electron chi connectivity index (χ4n) is 3.02. The average molecular weight is 333 g/mol. The van der Waals surface area contributed by atoms with E-state index in [-0.39, 0.29) is 5.82 Å². The van der Waals surface area contributed by atoms with Gasteiger partial charge in [0.25, 0.3) is 0 Å². The summed E-state index contributed by atoms with van der Waals surface area (Å²) in [7, 11) is 0. The lowest BCUT2D eigenvalue weighted by atomic mass is 10.1. The third-order valence-electron chi connectivity index (χ3n) is 4.59. The molecule has 0 spiro atoms. The van der Waals surface area contributed by atoms with Gasteiger partial charge in [0.1, 0.15) is 11.6 Å². The number of nitrogens with zero attached hydrogens (tertiary/aromatic N) is 3. The molecule has 3 rings (SSSR count). The predicted octanol–water partition coefficient (Wildman–Crippen LogP) is 2.28. The molecule has 6 heteroatoms. The summed E-state index contributed by atoms with van der Waals surface area (Å²) in [5.41, 5.74) is 1.31. The van der Waals surface area contributed by atoms with Gasteiger partial charge in [0.2, 0.25) is 5.89 Å². The Bertz CT molecular complexity index is 661. The Morgan fingerprint density at radius 1 is 1.17 bits per heavy atom. The highest BCUT2D eigenvalue weighted by Crippen LogP contribution is 2.19. The monoisotopic (exact) mass is 333 g/mol. The first kappa shape index (κ1) is 17.1. The molecule has 5 nitrogen and oxygen atoms in total. The van der Waals surface area contributed by atoms with Crippen LogP contribution in [-0.4, -0.2) is 52.6 Å². The highest BCUT2D eigenvalue weighted by Gasteiger charge is 2.22. The molecule has 1 aromatic heterocycles. The summed E-state index contributed by atoms with van der Waals surface area (Å²) < 4.78 is 19.4. The minimum absolute atomic E-state index is 0.349. The van der Waals surface area contributed by atoms with E-state index in [2.05, 4.69) is 14.8 Å². The van der Waals surface area contributed by atoms with Crippen LogP contribution in [0.25, 0.3) is 0 Å². The molecule has 0 amide bonds. The first-order chi connectivity index (χ1) is 11.5. The molecule has 24 heavy (non-hydrogen) atoms. The first-order valence-electron chi connectivity index (χ1n) is 8.33. The van der Waals surface area contributed by atoms with Gasteiger partial charge in [-0.3, -0.25) is 9.80 Å². The van der Waals surface area contributed by atoms with E-state index in [9.17, 15) is 9.50 Å². The van der Waals surface area contributed by atoms with Crippen molar-refractivity contribution in [2.45, 2.75) is 26.5 Å². The summed E-state index contributed by atoms with van der Waals surface area (Å²) >= 11 is 0. The third kappa shape index (κ3) is 4.01. The molecule has 2 heterocycles. The van der Waals surface area contributed by atoms with Crippen LogP contribution in [0.3, 0.4) is 0 Å². The molecule has 0 saturated carbocycles. The molecule has 1 saturated heterocycles. The molecule has 130 valence electrons. The van der Waals surface area contributed by atoms with Crippen molar-refractivity contribution in [3.63, 3.8) is 0 Å². The molecule has 2 aromatic rings. The minimum Gasteiger partial charge on any atom is -0.444 e. The largest absolute Gasteiger partial charge is 0.444 e. The van der Waals surface area contributed by atoms with E-state index in [0.717, 1.165) is 43.5 Å². The molecular formula is C18H24FN3O2. The molecule has 0 unspecified atom stereocenters. The third-order valence-corrected chi connectivity index (χ3v) is 4.59. The summed E-state index contributed by atoms with van der Waals surface area (Å²) in [6.45, 7) is 8.46. The second-order valence-electron chi connectivity index (χ2n) is 6.36. The lowest BCUT2D eigenvalue weighted by molar-refractivity contribution is 0.0655. The number of hydrogen-bond acceptors (Lipinski definition) is 5. The van der Waals surface area contributed by atoms with Crippen molar-refractivity contribution in [1.29, 1.82) is 0 Å². The SMILES string of the molecule is Cc1nc(CN2CCN(C[C@H](O)c3ccccc3F)CC2)oc1C. The van der Waals surface area contributed by atoms with Gasteiger partial charge in [-0.05, 0) is 19.9 Å². The second-order valence-corrected chi connectivity index (χ2v) is 6.36. The molecule has 0 bridgehead atoms. The van der Waals surface area contributed by atoms with Crippen LogP contribution >= 0.6 is 0 Å². The molecular weight excluding hydrogens is 309 g/mol. The van der Waals surface area contributed by atoms with Crippen LogP contribution in [0.2, 0.25) is 0 Å². The summed E-state index contributed by atoms with van der Waals surface area (Å²) in [6.07, 6.45) is -0.796. The quantitative estimate of drug-likeness (QED) is 0.910. The van der Waals surface area contributed by atoms with Gasteiger partial charge in [-0.25, -0.2) is 9.37 Å². The maximum atomic E-state index is 13.7. The van der Waals surface area contributed by atoms with E-state index < -0.39 is 6.10 Å². The van der Waals surface area contributed by atoms with Gasteiger partial charge >= 0.3 is 0 Å². The Hall–Kier alpha value is -1.76. The van der Waals surface area contributed by atoms with Crippen LogP contribution in [0.1, 0.15) is 29.0 Å². The van der Waals surface area contributed by atoms with Gasteiger partial charge in [-0.1, -0.05) is 18.2 Å². The Morgan fingerprint density at radius 3 is 2.46 bits per heavy atom. The van der Waals surface area contributed by atoms with E-state index in [0.29, 0.717) is 18.7 Å². The van der Waals surface area contributed by atoms with E-state index in [1.807, 2.05) is 13.8 Å². The summed E-state index contributed by atoms with van der Waals surface area (Å²) in [4.78, 5) is 8.87. The van der Waals surface area contributed by atoms with Crippen LogP contribution in [0.15, 0.2) is 28.7 Å². The zero-order valence-electron chi connectivity index (χ0n) is 14.2. The Kier molecular flexibility index (Phi) is 5.28. The fraction of sp³-hybridized carbons (Fsp3) is 0.500. The van der Waals surface area contributed by atoms with E-state index in [4.69, 9.17) is 4.42 Å². The van der Waals surface area contributed by atoms with E-state index in [1.165, 1.54) is 6.07 Å². The van der Waals surface area contributed by atoms with Gasteiger partial charge < -0.3 is 9.52 Å². The number of hydrogen-bond donors (Lipinski definition) is 1. The van der Waals surface area contributed by atoms with Crippen molar-refractivity contribution in [2.24, 2.45) is 0 Å². The summed E-state index contributed by atoms with van der Waals surface area (Å²) in [5.74, 6) is 1.28. The van der Waals surface area contributed by atoms with Crippen molar-refractivity contribution < 1.29 is 13.9 Å². The van der Waals surface area contributed by atoms with Gasteiger partial charge in [0.05, 0.1) is 18.3 Å². The summed E-state index contributed by atoms with van der Waals surface area (Å²) in [6, 6.07) is 6.41. The maximum Gasteiger partial charge on any atom is 0.208 e. The number of halogens is 1. The fourth-order valence-corrected chi connectivity index (χ4v) is 3.02. The first-order valence-corrected chi connectivity index (χ1v) is 8.33. The number of aliphatic hydroxyl groups is 1. The highest BCUT2D eigenvalue weighted by molar-refractivity contribution is 5.20. The predicted molar refractivity (Wildman–Crippen MR) is 89.1 cm³/mol. The zero-order valence-corrected chi connectivity index (χ0v) is 14.2. The molecule has 1 aliphatic heterocycles. The number of β-amino-alcohol motifs (C(OH)–C–C–N with tert-alkyl or cyclic N) is 1. The minimum atomic E-state index is -0.796. The van der Waals surface area contributed by atoms with E-state index >= 15 is 0 Å². The number of rotatable bonds is 5.